The van der Waals surface area contributed by atoms with E-state index in [9.17, 15) is 13.2 Å². The van der Waals surface area contributed by atoms with E-state index in [-0.39, 0.29) is 18.5 Å². The van der Waals surface area contributed by atoms with Crippen molar-refractivity contribution >= 4 is 21.6 Å². The van der Waals surface area contributed by atoms with Crippen molar-refractivity contribution in [1.29, 1.82) is 0 Å². The second-order valence-corrected chi connectivity index (χ2v) is 8.85. The first-order chi connectivity index (χ1) is 12.6. The Morgan fingerprint density at radius 3 is 2.26 bits per heavy atom. The number of carbonyl (C=O) groups is 1. The zero-order valence-electron chi connectivity index (χ0n) is 16.6. The number of sulfonamides is 1. The van der Waals surface area contributed by atoms with Crippen LogP contribution in [-0.4, -0.2) is 27.1 Å². The average molecular weight is 389 g/mol. The second kappa shape index (κ2) is 8.57. The van der Waals surface area contributed by atoms with Gasteiger partial charge in [0, 0.05) is 0 Å². The van der Waals surface area contributed by atoms with Crippen LogP contribution in [0.3, 0.4) is 0 Å². The number of hydrogen-bond acceptors (Lipinski definition) is 3. The van der Waals surface area contributed by atoms with Crippen molar-refractivity contribution in [3.63, 3.8) is 0 Å². The topological polar surface area (TPSA) is 66.5 Å². The number of benzene rings is 2. The van der Waals surface area contributed by atoms with Gasteiger partial charge in [-0.1, -0.05) is 42.8 Å². The SMILES string of the molecule is CCc1ccc(N(CC(=O)NC(C)c2ccc(C)cc2C)S(C)(=O)=O)cc1. The maximum Gasteiger partial charge on any atom is 0.241 e. The molecule has 0 saturated carbocycles. The number of nitrogens with zero attached hydrogens (tertiary/aromatic N) is 1. The fraction of sp³-hybridized carbons (Fsp3) is 0.381. The van der Waals surface area contributed by atoms with Gasteiger partial charge in [0.15, 0.2) is 0 Å². The first-order valence-corrected chi connectivity index (χ1v) is 10.9. The molecule has 0 aliphatic carbocycles. The van der Waals surface area contributed by atoms with Crippen LogP contribution in [0, 0.1) is 13.8 Å². The molecule has 2 rings (SSSR count). The summed E-state index contributed by atoms with van der Waals surface area (Å²) < 4.78 is 25.6. The van der Waals surface area contributed by atoms with Crippen molar-refractivity contribution in [1.82, 2.24) is 5.32 Å². The maximum absolute atomic E-state index is 12.5. The predicted octanol–water partition coefficient (Wildman–Crippen LogP) is 3.51. The molecule has 6 heteroatoms. The lowest BCUT2D eigenvalue weighted by molar-refractivity contribution is -0.120. The molecule has 0 aliphatic rings. The van der Waals surface area contributed by atoms with E-state index in [1.807, 2.05) is 52.0 Å². The second-order valence-electron chi connectivity index (χ2n) is 6.94. The van der Waals surface area contributed by atoms with Crippen molar-refractivity contribution in [3.05, 3.63) is 64.7 Å². The van der Waals surface area contributed by atoms with Gasteiger partial charge in [-0.3, -0.25) is 9.10 Å². The van der Waals surface area contributed by atoms with Gasteiger partial charge in [0.05, 0.1) is 18.0 Å². The summed E-state index contributed by atoms with van der Waals surface area (Å²) in [6, 6.07) is 13.1. The third-order valence-corrected chi connectivity index (χ3v) is 5.73. The number of hydrogen-bond donors (Lipinski definition) is 1. The number of aryl methyl sites for hydroxylation is 3. The Balaban J connectivity index is 2.16. The minimum Gasteiger partial charge on any atom is -0.348 e. The Labute approximate surface area is 162 Å². The van der Waals surface area contributed by atoms with Crippen molar-refractivity contribution in [3.8, 4) is 0 Å². The summed E-state index contributed by atoms with van der Waals surface area (Å²) >= 11 is 0. The molecule has 1 N–H and O–H groups in total. The van der Waals surface area contributed by atoms with Gasteiger partial charge >= 0.3 is 0 Å². The van der Waals surface area contributed by atoms with Crippen LogP contribution in [-0.2, 0) is 21.2 Å². The highest BCUT2D eigenvalue weighted by atomic mass is 32.2. The van der Waals surface area contributed by atoms with Crippen LogP contribution in [0.2, 0.25) is 0 Å². The normalized spacial score (nSPS) is 12.5. The molecule has 2 aromatic rings. The summed E-state index contributed by atoms with van der Waals surface area (Å²) in [7, 11) is -3.57. The maximum atomic E-state index is 12.5. The van der Waals surface area contributed by atoms with Gasteiger partial charge in [-0.05, 0) is 56.0 Å². The monoisotopic (exact) mass is 388 g/mol. The van der Waals surface area contributed by atoms with Gasteiger partial charge < -0.3 is 5.32 Å². The van der Waals surface area contributed by atoms with Crippen LogP contribution in [0.1, 0.15) is 42.1 Å². The van der Waals surface area contributed by atoms with Gasteiger partial charge in [0.2, 0.25) is 15.9 Å². The minimum atomic E-state index is -3.57. The molecule has 0 saturated heterocycles. The summed E-state index contributed by atoms with van der Waals surface area (Å²) in [4.78, 5) is 12.5. The zero-order valence-corrected chi connectivity index (χ0v) is 17.4. The lowest BCUT2D eigenvalue weighted by Crippen LogP contribution is -2.41. The van der Waals surface area contributed by atoms with E-state index in [4.69, 9.17) is 0 Å². The Hall–Kier alpha value is -2.34. The van der Waals surface area contributed by atoms with Crippen molar-refractivity contribution in [2.24, 2.45) is 0 Å². The summed E-state index contributed by atoms with van der Waals surface area (Å²) in [5, 5.41) is 2.91. The number of nitrogens with one attached hydrogen (secondary N) is 1. The highest BCUT2D eigenvalue weighted by Gasteiger charge is 2.22. The van der Waals surface area contributed by atoms with Crippen molar-refractivity contribution in [2.45, 2.75) is 40.2 Å². The summed E-state index contributed by atoms with van der Waals surface area (Å²) in [5.41, 5.74) is 4.88. The fourth-order valence-corrected chi connectivity index (χ4v) is 3.96. The molecule has 27 heavy (non-hydrogen) atoms. The van der Waals surface area contributed by atoms with Crippen LogP contribution < -0.4 is 9.62 Å². The summed E-state index contributed by atoms with van der Waals surface area (Å²) in [6.07, 6.45) is 1.98. The zero-order chi connectivity index (χ0) is 20.2. The van der Waals surface area contributed by atoms with Gasteiger partial charge in [0.1, 0.15) is 6.54 Å². The number of amides is 1. The van der Waals surface area contributed by atoms with Crippen LogP contribution in [0.15, 0.2) is 42.5 Å². The quantitative estimate of drug-likeness (QED) is 0.789. The van der Waals surface area contributed by atoms with E-state index in [1.54, 1.807) is 12.1 Å². The van der Waals surface area contributed by atoms with E-state index in [1.165, 1.54) is 0 Å². The van der Waals surface area contributed by atoms with E-state index in [0.29, 0.717) is 5.69 Å². The smallest absolute Gasteiger partial charge is 0.241 e. The Kier molecular flexibility index (Phi) is 6.65. The molecule has 2 aromatic carbocycles. The van der Waals surface area contributed by atoms with E-state index >= 15 is 0 Å². The average Bonchev–Trinajstić information content (AvgIpc) is 2.58. The molecule has 1 atom stereocenters. The Morgan fingerprint density at radius 1 is 1.11 bits per heavy atom. The van der Waals surface area contributed by atoms with Crippen LogP contribution in [0.25, 0.3) is 0 Å². The first kappa shape index (κ1) is 21.0. The molecule has 0 fully saturated rings. The van der Waals surface area contributed by atoms with Gasteiger partial charge in [-0.2, -0.15) is 0 Å². The van der Waals surface area contributed by atoms with Crippen molar-refractivity contribution < 1.29 is 13.2 Å². The summed E-state index contributed by atoms with van der Waals surface area (Å²) in [5.74, 6) is -0.340. The Morgan fingerprint density at radius 2 is 1.74 bits per heavy atom. The van der Waals surface area contributed by atoms with Crippen molar-refractivity contribution in [2.75, 3.05) is 17.1 Å². The lowest BCUT2D eigenvalue weighted by atomic mass is 10.0. The Bertz CT molecular complexity index is 906. The van der Waals surface area contributed by atoms with E-state index < -0.39 is 10.0 Å². The number of rotatable bonds is 7. The minimum absolute atomic E-state index is 0.207. The molecule has 146 valence electrons. The molecule has 1 unspecified atom stereocenters. The lowest BCUT2D eigenvalue weighted by Gasteiger charge is -2.24. The third kappa shape index (κ3) is 5.57. The number of carbonyl (C=O) groups excluding carboxylic acids is 1. The van der Waals surface area contributed by atoms with Crippen LogP contribution in [0.4, 0.5) is 5.69 Å². The van der Waals surface area contributed by atoms with E-state index in [2.05, 4.69) is 11.4 Å². The highest BCUT2D eigenvalue weighted by molar-refractivity contribution is 7.92. The molecule has 0 bridgehead atoms. The van der Waals surface area contributed by atoms with Crippen LogP contribution >= 0.6 is 0 Å². The van der Waals surface area contributed by atoms with Crippen LogP contribution in [0.5, 0.6) is 0 Å². The molecule has 0 radical (unpaired) electrons. The summed E-state index contributed by atoms with van der Waals surface area (Å²) in [6.45, 7) is 7.71. The van der Waals surface area contributed by atoms with Gasteiger partial charge in [-0.25, -0.2) is 8.42 Å². The molecule has 1 amide bonds. The van der Waals surface area contributed by atoms with E-state index in [0.717, 1.165) is 39.2 Å². The largest absolute Gasteiger partial charge is 0.348 e. The molecule has 0 heterocycles. The van der Waals surface area contributed by atoms with Gasteiger partial charge in [-0.15, -0.1) is 0 Å². The fourth-order valence-electron chi connectivity index (χ4n) is 3.10. The highest BCUT2D eigenvalue weighted by Crippen LogP contribution is 2.20. The molecule has 0 spiro atoms. The molecule has 5 nitrogen and oxygen atoms in total. The molecule has 0 aromatic heterocycles. The standard InChI is InChI=1S/C21H28N2O3S/c1-6-18-8-10-19(11-9-18)23(27(5,25)26)14-21(24)22-17(4)20-12-7-15(2)13-16(20)3/h7-13,17H,6,14H2,1-5H3,(H,22,24). The first-order valence-electron chi connectivity index (χ1n) is 9.05. The van der Waals surface area contributed by atoms with Gasteiger partial charge in [0.25, 0.3) is 0 Å². The third-order valence-electron chi connectivity index (χ3n) is 4.59. The molecular weight excluding hydrogens is 360 g/mol. The number of anilines is 1. The predicted molar refractivity (Wildman–Crippen MR) is 110 cm³/mol. The molecule has 0 aliphatic heterocycles. The molecular formula is C21H28N2O3S.